The zero-order valence-corrected chi connectivity index (χ0v) is 12.6. The third-order valence-electron chi connectivity index (χ3n) is 2.97. The number of thioether (sulfide) groups is 1. The summed E-state index contributed by atoms with van der Waals surface area (Å²) in [4.78, 5) is 11.1. The molecule has 0 spiro atoms. The molecule has 0 bridgehead atoms. The first kappa shape index (κ1) is 16.2. The molecule has 0 rings (SSSR count). The Hall–Kier alpha value is 0.170. The number of hydrogen-bond acceptors (Lipinski definition) is 3. The molecule has 1 atom stereocenters. The van der Waals surface area contributed by atoms with E-state index in [2.05, 4.69) is 32.7 Å². The van der Waals surface area contributed by atoms with Crippen LogP contribution < -0.4 is 0 Å². The maximum atomic E-state index is 11.1. The fourth-order valence-electron chi connectivity index (χ4n) is 1.95. The highest BCUT2D eigenvalue weighted by molar-refractivity contribution is 7.98. The quantitative estimate of drug-likeness (QED) is 0.690. The van der Waals surface area contributed by atoms with Crippen LogP contribution in [0.3, 0.4) is 0 Å². The van der Waals surface area contributed by atoms with Gasteiger partial charge in [0.15, 0.2) is 0 Å². The minimum Gasteiger partial charge on any atom is -0.481 e. The Kier molecular flexibility index (Phi) is 6.26. The lowest BCUT2D eigenvalue weighted by Crippen LogP contribution is -2.35. The molecule has 1 unspecified atom stereocenters. The van der Waals surface area contributed by atoms with Crippen molar-refractivity contribution in [2.75, 3.05) is 12.0 Å². The van der Waals surface area contributed by atoms with Gasteiger partial charge < -0.3 is 5.11 Å². The molecule has 0 aliphatic rings. The number of carboxylic acid groups (broad SMARTS) is 1. The Bertz CT molecular complexity index is 237. The molecule has 4 heteroatoms. The van der Waals surface area contributed by atoms with Crippen molar-refractivity contribution in [3.63, 3.8) is 0 Å². The van der Waals surface area contributed by atoms with Gasteiger partial charge in [0.2, 0.25) is 0 Å². The van der Waals surface area contributed by atoms with Crippen LogP contribution in [0.15, 0.2) is 0 Å². The third kappa shape index (κ3) is 5.00. The van der Waals surface area contributed by atoms with Crippen molar-refractivity contribution in [3.8, 4) is 0 Å². The van der Waals surface area contributed by atoms with Gasteiger partial charge >= 0.3 is 5.97 Å². The van der Waals surface area contributed by atoms with Crippen molar-refractivity contribution in [1.29, 1.82) is 0 Å². The molecule has 0 aromatic heterocycles. The first-order valence-electron chi connectivity index (χ1n) is 5.54. The van der Waals surface area contributed by atoms with Crippen LogP contribution in [0.4, 0.5) is 0 Å². The smallest absolute Gasteiger partial charge is 0.309 e. The molecule has 0 aliphatic heterocycles. The Labute approximate surface area is 109 Å². The van der Waals surface area contributed by atoms with Crippen LogP contribution >= 0.6 is 24.4 Å². The third-order valence-corrected chi connectivity index (χ3v) is 4.58. The Morgan fingerprint density at radius 2 is 1.88 bits per heavy atom. The van der Waals surface area contributed by atoms with Crippen molar-refractivity contribution < 1.29 is 9.90 Å². The van der Waals surface area contributed by atoms with Crippen molar-refractivity contribution >= 4 is 30.4 Å². The van der Waals surface area contributed by atoms with Crippen LogP contribution in [0.1, 0.15) is 40.5 Å². The summed E-state index contributed by atoms with van der Waals surface area (Å²) in [6, 6.07) is 0. The highest BCUT2D eigenvalue weighted by Gasteiger charge is 2.37. The second-order valence-electron chi connectivity index (χ2n) is 5.65. The van der Waals surface area contributed by atoms with Gasteiger partial charge in [-0.15, -0.1) is 0 Å². The molecule has 0 heterocycles. The van der Waals surface area contributed by atoms with Crippen LogP contribution in [0, 0.1) is 10.8 Å². The molecular weight excluding hydrogens is 240 g/mol. The molecule has 96 valence electrons. The number of aliphatic carboxylic acids is 1. The molecule has 0 amide bonds. The van der Waals surface area contributed by atoms with Crippen molar-refractivity contribution in [2.45, 2.75) is 45.8 Å². The molecule has 0 aliphatic carbocycles. The fraction of sp³-hybridized carbons (Fsp3) is 0.917. The fourth-order valence-corrected chi connectivity index (χ4v) is 2.82. The molecule has 0 fully saturated rings. The van der Waals surface area contributed by atoms with Crippen molar-refractivity contribution in [3.05, 3.63) is 0 Å². The largest absolute Gasteiger partial charge is 0.481 e. The van der Waals surface area contributed by atoms with Crippen LogP contribution in [-0.2, 0) is 4.79 Å². The van der Waals surface area contributed by atoms with E-state index in [0.29, 0.717) is 6.42 Å². The minimum absolute atomic E-state index is 0.0548. The monoisotopic (exact) mass is 264 g/mol. The lowest BCUT2D eigenvalue weighted by molar-refractivity contribution is -0.148. The van der Waals surface area contributed by atoms with E-state index in [9.17, 15) is 4.79 Å². The zero-order valence-electron chi connectivity index (χ0n) is 10.9. The summed E-state index contributed by atoms with van der Waals surface area (Å²) in [5.74, 6) is 0.344. The van der Waals surface area contributed by atoms with Gasteiger partial charge in [-0.1, -0.05) is 13.8 Å². The number of carbonyl (C=O) groups is 1. The second kappa shape index (κ2) is 6.20. The first-order valence-corrected chi connectivity index (χ1v) is 7.45. The highest BCUT2D eigenvalue weighted by Crippen LogP contribution is 2.39. The summed E-state index contributed by atoms with van der Waals surface area (Å²) < 4.78 is 0. The lowest BCUT2D eigenvalue weighted by Gasteiger charge is -2.36. The molecule has 1 N–H and O–H groups in total. The summed E-state index contributed by atoms with van der Waals surface area (Å²) in [5.41, 5.74) is -0.732. The molecule has 0 saturated carbocycles. The number of thiol groups is 1. The van der Waals surface area contributed by atoms with Gasteiger partial charge in [-0.25, -0.2) is 0 Å². The number of carboxylic acids is 1. The Morgan fingerprint density at radius 3 is 2.25 bits per heavy atom. The standard InChI is InChI=1S/C12H24O2S2/c1-11(2,9(15)6-7-16-5)8-12(3,4)10(13)14/h9,15H,6-8H2,1-5H3,(H,13,14). The second-order valence-corrected chi connectivity index (χ2v) is 7.26. The molecule has 0 aromatic carbocycles. The van der Waals surface area contributed by atoms with Crippen LogP contribution in [-0.4, -0.2) is 28.3 Å². The molecule has 0 aromatic rings. The molecule has 16 heavy (non-hydrogen) atoms. The highest BCUT2D eigenvalue weighted by atomic mass is 32.2. The van der Waals surface area contributed by atoms with Gasteiger partial charge in [0, 0.05) is 5.25 Å². The van der Waals surface area contributed by atoms with Crippen LogP contribution in [0.2, 0.25) is 0 Å². The van der Waals surface area contributed by atoms with Crippen molar-refractivity contribution in [2.24, 2.45) is 10.8 Å². The normalized spacial score (nSPS) is 14.9. The molecular formula is C12H24O2S2. The van der Waals surface area contributed by atoms with Crippen LogP contribution in [0.5, 0.6) is 0 Å². The van der Waals surface area contributed by atoms with Gasteiger partial charge in [-0.3, -0.25) is 4.79 Å². The molecule has 0 radical (unpaired) electrons. The van der Waals surface area contributed by atoms with Gasteiger partial charge in [0.25, 0.3) is 0 Å². The average molecular weight is 264 g/mol. The first-order chi connectivity index (χ1) is 7.13. The van der Waals surface area contributed by atoms with Gasteiger partial charge in [-0.05, 0) is 44.1 Å². The van der Waals surface area contributed by atoms with Gasteiger partial charge in [0.05, 0.1) is 5.41 Å². The Morgan fingerprint density at radius 1 is 1.38 bits per heavy atom. The summed E-state index contributed by atoms with van der Waals surface area (Å²) in [5, 5.41) is 9.38. The van der Waals surface area contributed by atoms with Gasteiger partial charge in [0.1, 0.15) is 0 Å². The summed E-state index contributed by atoms with van der Waals surface area (Å²) in [6.45, 7) is 7.78. The van der Waals surface area contributed by atoms with E-state index in [0.717, 1.165) is 12.2 Å². The van der Waals surface area contributed by atoms with E-state index in [-0.39, 0.29) is 10.7 Å². The molecule has 2 nitrogen and oxygen atoms in total. The molecule has 0 saturated heterocycles. The Balaban J connectivity index is 4.49. The van der Waals surface area contributed by atoms with E-state index >= 15 is 0 Å². The predicted molar refractivity (Wildman–Crippen MR) is 75.6 cm³/mol. The lowest BCUT2D eigenvalue weighted by atomic mass is 9.72. The van der Waals surface area contributed by atoms with E-state index in [4.69, 9.17) is 5.11 Å². The van der Waals surface area contributed by atoms with Crippen molar-refractivity contribution in [1.82, 2.24) is 0 Å². The van der Waals surface area contributed by atoms with E-state index in [1.165, 1.54) is 0 Å². The van der Waals surface area contributed by atoms with Gasteiger partial charge in [-0.2, -0.15) is 24.4 Å². The number of hydrogen-bond donors (Lipinski definition) is 2. The van der Waals surface area contributed by atoms with Crippen LogP contribution in [0.25, 0.3) is 0 Å². The minimum atomic E-state index is -0.731. The number of rotatable bonds is 7. The average Bonchev–Trinajstić information content (AvgIpc) is 2.12. The van der Waals surface area contributed by atoms with E-state index < -0.39 is 11.4 Å². The maximum absolute atomic E-state index is 11.1. The zero-order chi connectivity index (χ0) is 13.0. The topological polar surface area (TPSA) is 37.3 Å². The van der Waals surface area contributed by atoms with E-state index in [1.807, 2.05) is 0 Å². The van der Waals surface area contributed by atoms with E-state index in [1.54, 1.807) is 25.6 Å². The predicted octanol–water partition coefficient (Wildman–Crippen LogP) is 3.57. The summed E-state index contributed by atoms with van der Waals surface area (Å²) in [7, 11) is 0. The maximum Gasteiger partial charge on any atom is 0.309 e. The summed E-state index contributed by atoms with van der Waals surface area (Å²) >= 11 is 6.42. The SMILES string of the molecule is CSCCC(S)C(C)(C)CC(C)(C)C(=O)O. The summed E-state index contributed by atoms with van der Waals surface area (Å²) in [6.07, 6.45) is 3.75.